The Morgan fingerprint density at radius 2 is 2.31 bits per heavy atom. The van der Waals surface area contributed by atoms with E-state index in [0.29, 0.717) is 11.0 Å². The van der Waals surface area contributed by atoms with E-state index in [1.807, 2.05) is 12.1 Å². The van der Waals surface area contributed by atoms with Crippen molar-refractivity contribution < 1.29 is 4.42 Å². The molecule has 2 rings (SSSR count). The molecule has 0 aliphatic heterocycles. The molecule has 0 atom stereocenters. The Morgan fingerprint density at radius 3 is 3.00 bits per heavy atom. The fourth-order valence-corrected chi connectivity index (χ4v) is 1.11. The SMILES string of the molecule is Clc1cccc(Nc2nnco2)c1. The predicted molar refractivity (Wildman–Crippen MR) is 49.0 cm³/mol. The number of hydrogen-bond donors (Lipinski definition) is 1. The first-order valence-corrected chi connectivity index (χ1v) is 4.01. The summed E-state index contributed by atoms with van der Waals surface area (Å²) >= 11 is 5.78. The van der Waals surface area contributed by atoms with E-state index in [4.69, 9.17) is 16.0 Å². The number of rotatable bonds is 2. The van der Waals surface area contributed by atoms with Gasteiger partial charge in [0.25, 0.3) is 0 Å². The first-order valence-electron chi connectivity index (χ1n) is 3.63. The van der Waals surface area contributed by atoms with Crippen LogP contribution in [-0.4, -0.2) is 10.2 Å². The van der Waals surface area contributed by atoms with Gasteiger partial charge in [-0.25, -0.2) is 0 Å². The third-order valence-corrected chi connectivity index (χ3v) is 1.67. The van der Waals surface area contributed by atoms with Crippen molar-refractivity contribution in [2.75, 3.05) is 5.32 Å². The molecular weight excluding hydrogens is 190 g/mol. The van der Waals surface area contributed by atoms with Crippen LogP contribution in [0.3, 0.4) is 0 Å². The van der Waals surface area contributed by atoms with Crippen LogP contribution in [0, 0.1) is 0 Å². The zero-order valence-electron chi connectivity index (χ0n) is 6.57. The first kappa shape index (κ1) is 8.07. The molecule has 5 heteroatoms. The highest BCUT2D eigenvalue weighted by Gasteiger charge is 1.98. The Morgan fingerprint density at radius 1 is 1.38 bits per heavy atom. The molecule has 0 aliphatic rings. The zero-order valence-corrected chi connectivity index (χ0v) is 7.32. The molecule has 1 N–H and O–H groups in total. The third kappa shape index (κ3) is 1.97. The minimum atomic E-state index is 0.349. The summed E-state index contributed by atoms with van der Waals surface area (Å²) in [5.74, 6) is 0. The Labute approximate surface area is 79.5 Å². The maximum absolute atomic E-state index is 5.78. The number of benzene rings is 1. The van der Waals surface area contributed by atoms with Crippen molar-refractivity contribution in [3.05, 3.63) is 35.7 Å². The molecule has 0 aliphatic carbocycles. The van der Waals surface area contributed by atoms with Gasteiger partial charge >= 0.3 is 6.01 Å². The Balaban J connectivity index is 2.19. The van der Waals surface area contributed by atoms with Crippen LogP contribution in [0.15, 0.2) is 35.1 Å². The van der Waals surface area contributed by atoms with Crippen LogP contribution < -0.4 is 5.32 Å². The molecule has 1 aromatic heterocycles. The highest BCUT2D eigenvalue weighted by Crippen LogP contribution is 2.17. The molecule has 0 radical (unpaired) electrons. The normalized spacial score (nSPS) is 9.92. The van der Waals surface area contributed by atoms with Gasteiger partial charge in [0.2, 0.25) is 6.39 Å². The van der Waals surface area contributed by atoms with Crippen molar-refractivity contribution in [1.29, 1.82) is 0 Å². The van der Waals surface area contributed by atoms with Crippen molar-refractivity contribution in [1.82, 2.24) is 10.2 Å². The van der Waals surface area contributed by atoms with Crippen molar-refractivity contribution in [2.45, 2.75) is 0 Å². The molecule has 1 heterocycles. The van der Waals surface area contributed by atoms with Crippen LogP contribution in [0.1, 0.15) is 0 Å². The van der Waals surface area contributed by atoms with E-state index in [0.717, 1.165) is 5.69 Å². The summed E-state index contributed by atoms with van der Waals surface area (Å²) in [6.07, 6.45) is 1.26. The molecule has 0 amide bonds. The molecule has 0 saturated carbocycles. The van der Waals surface area contributed by atoms with E-state index in [2.05, 4.69) is 15.5 Å². The summed E-state index contributed by atoms with van der Waals surface area (Å²) in [5.41, 5.74) is 0.816. The number of hydrogen-bond acceptors (Lipinski definition) is 4. The van der Waals surface area contributed by atoms with E-state index in [1.165, 1.54) is 6.39 Å². The number of aromatic nitrogens is 2. The zero-order chi connectivity index (χ0) is 9.10. The lowest BCUT2D eigenvalue weighted by Gasteiger charge is -1.99. The number of anilines is 2. The average molecular weight is 196 g/mol. The molecule has 0 bridgehead atoms. The summed E-state index contributed by atoms with van der Waals surface area (Å²) in [4.78, 5) is 0. The quantitative estimate of drug-likeness (QED) is 0.800. The largest absolute Gasteiger partial charge is 0.411 e. The molecule has 0 fully saturated rings. The van der Waals surface area contributed by atoms with E-state index in [9.17, 15) is 0 Å². The first-order chi connectivity index (χ1) is 6.34. The third-order valence-electron chi connectivity index (χ3n) is 1.44. The highest BCUT2D eigenvalue weighted by molar-refractivity contribution is 6.30. The van der Waals surface area contributed by atoms with Crippen molar-refractivity contribution >= 4 is 23.3 Å². The monoisotopic (exact) mass is 195 g/mol. The van der Waals surface area contributed by atoms with Gasteiger partial charge in [0.15, 0.2) is 0 Å². The molecule has 4 nitrogen and oxygen atoms in total. The summed E-state index contributed by atoms with van der Waals surface area (Å²) in [6.45, 7) is 0. The second-order valence-electron chi connectivity index (χ2n) is 2.38. The summed E-state index contributed by atoms with van der Waals surface area (Å²) < 4.78 is 4.90. The van der Waals surface area contributed by atoms with Crippen LogP contribution in [-0.2, 0) is 0 Å². The van der Waals surface area contributed by atoms with Gasteiger partial charge in [-0.15, -0.1) is 5.10 Å². The lowest BCUT2D eigenvalue weighted by atomic mass is 10.3. The Kier molecular flexibility index (Phi) is 2.14. The maximum atomic E-state index is 5.78. The lowest BCUT2D eigenvalue weighted by Crippen LogP contribution is -1.89. The topological polar surface area (TPSA) is 51.0 Å². The summed E-state index contributed by atoms with van der Waals surface area (Å²) in [5, 5.41) is 10.8. The van der Waals surface area contributed by atoms with Gasteiger partial charge in [-0.05, 0) is 18.2 Å². The molecule has 0 saturated heterocycles. The predicted octanol–water partition coefficient (Wildman–Crippen LogP) is 2.47. The van der Waals surface area contributed by atoms with Gasteiger partial charge < -0.3 is 9.73 Å². The van der Waals surface area contributed by atoms with Gasteiger partial charge in [-0.2, -0.15) is 0 Å². The molecule has 2 aromatic rings. The van der Waals surface area contributed by atoms with Gasteiger partial charge in [0.1, 0.15) is 0 Å². The van der Waals surface area contributed by atoms with E-state index in [1.54, 1.807) is 12.1 Å². The van der Waals surface area contributed by atoms with Gasteiger partial charge in [-0.3, -0.25) is 0 Å². The summed E-state index contributed by atoms with van der Waals surface area (Å²) in [7, 11) is 0. The highest BCUT2D eigenvalue weighted by atomic mass is 35.5. The van der Waals surface area contributed by atoms with E-state index < -0.39 is 0 Å². The summed E-state index contributed by atoms with van der Waals surface area (Å²) in [6, 6.07) is 7.60. The van der Waals surface area contributed by atoms with Crippen molar-refractivity contribution in [2.24, 2.45) is 0 Å². The van der Waals surface area contributed by atoms with Crippen molar-refractivity contribution in [3.63, 3.8) is 0 Å². The fourth-order valence-electron chi connectivity index (χ4n) is 0.917. The standard InChI is InChI=1S/C8H6ClN3O/c9-6-2-1-3-7(4-6)11-8-12-10-5-13-8/h1-5H,(H,11,12). The number of nitrogens with zero attached hydrogens (tertiary/aromatic N) is 2. The Bertz CT molecular complexity index is 388. The van der Waals surface area contributed by atoms with Gasteiger partial charge in [0, 0.05) is 10.7 Å². The van der Waals surface area contributed by atoms with Crippen LogP contribution in [0.2, 0.25) is 5.02 Å². The Hall–Kier alpha value is -1.55. The minimum absolute atomic E-state index is 0.349. The van der Waals surface area contributed by atoms with Crippen LogP contribution >= 0.6 is 11.6 Å². The van der Waals surface area contributed by atoms with Crippen LogP contribution in [0.4, 0.5) is 11.7 Å². The number of nitrogens with one attached hydrogen (secondary N) is 1. The number of halogens is 1. The smallest absolute Gasteiger partial charge is 0.319 e. The molecule has 0 unspecified atom stereocenters. The van der Waals surface area contributed by atoms with Gasteiger partial charge in [-0.1, -0.05) is 22.8 Å². The van der Waals surface area contributed by atoms with E-state index >= 15 is 0 Å². The fraction of sp³-hybridized carbons (Fsp3) is 0. The molecular formula is C8H6ClN3O. The minimum Gasteiger partial charge on any atom is -0.411 e. The van der Waals surface area contributed by atoms with Crippen molar-refractivity contribution in [3.8, 4) is 0 Å². The lowest BCUT2D eigenvalue weighted by molar-refractivity contribution is 0.572. The molecule has 13 heavy (non-hydrogen) atoms. The molecule has 66 valence electrons. The van der Waals surface area contributed by atoms with Crippen LogP contribution in [0.5, 0.6) is 0 Å². The second-order valence-corrected chi connectivity index (χ2v) is 2.82. The molecule has 0 spiro atoms. The van der Waals surface area contributed by atoms with E-state index in [-0.39, 0.29) is 0 Å². The average Bonchev–Trinajstić information content (AvgIpc) is 2.57. The molecule has 1 aromatic carbocycles. The van der Waals surface area contributed by atoms with Gasteiger partial charge in [0.05, 0.1) is 0 Å². The van der Waals surface area contributed by atoms with Crippen LogP contribution in [0.25, 0.3) is 0 Å². The second kappa shape index (κ2) is 3.45. The maximum Gasteiger partial charge on any atom is 0.319 e.